The summed E-state index contributed by atoms with van der Waals surface area (Å²) in [5, 5.41) is 9.54. The first-order valence-electron chi connectivity index (χ1n) is 7.86. The van der Waals surface area contributed by atoms with E-state index in [9.17, 15) is 13.2 Å². The second-order valence-corrected chi connectivity index (χ2v) is 7.28. The van der Waals surface area contributed by atoms with Gasteiger partial charge in [-0.05, 0) is 54.8 Å². The van der Waals surface area contributed by atoms with E-state index in [0.717, 1.165) is 10.9 Å². The molecule has 0 atom stereocenters. The normalized spacial score (nSPS) is 11.3. The predicted molar refractivity (Wildman–Crippen MR) is 95.6 cm³/mol. The highest BCUT2D eigenvalue weighted by molar-refractivity contribution is 7.87. The fourth-order valence-electron chi connectivity index (χ4n) is 2.61. The van der Waals surface area contributed by atoms with Crippen molar-refractivity contribution in [2.45, 2.75) is 25.2 Å². The molecule has 0 bridgehead atoms. The lowest BCUT2D eigenvalue weighted by atomic mass is 10.1. The lowest BCUT2D eigenvalue weighted by Crippen LogP contribution is -2.11. The smallest absolute Gasteiger partial charge is 0.339 e. The number of aryl methyl sites for hydroxylation is 2. The molecule has 7 heteroatoms. The van der Waals surface area contributed by atoms with Crippen molar-refractivity contribution in [1.82, 2.24) is 0 Å². The number of hydrogen-bond donors (Lipinski definition) is 0. The zero-order valence-electron chi connectivity index (χ0n) is 14.1. The molecule has 26 heavy (non-hydrogen) atoms. The standard InChI is InChI=1S/C19H15NO5S/c1-3-14-9-16-12(2)8-19(21)24-18(16)10-17(14)25-26(22,23)15-6-4-13(11-20)5-7-15/h4-10H,3H2,1-2H3. The van der Waals surface area contributed by atoms with E-state index in [4.69, 9.17) is 13.9 Å². The number of nitriles is 1. The fourth-order valence-corrected chi connectivity index (χ4v) is 3.56. The molecule has 6 nitrogen and oxygen atoms in total. The van der Waals surface area contributed by atoms with Crippen molar-refractivity contribution in [1.29, 1.82) is 5.26 Å². The van der Waals surface area contributed by atoms with Crippen LogP contribution in [0.15, 0.2) is 56.6 Å². The molecular weight excluding hydrogens is 354 g/mol. The first-order valence-corrected chi connectivity index (χ1v) is 9.27. The zero-order chi connectivity index (χ0) is 18.9. The van der Waals surface area contributed by atoms with Gasteiger partial charge in [0, 0.05) is 17.5 Å². The van der Waals surface area contributed by atoms with Gasteiger partial charge < -0.3 is 8.60 Å². The molecule has 1 heterocycles. The number of rotatable bonds is 4. The van der Waals surface area contributed by atoms with E-state index >= 15 is 0 Å². The van der Waals surface area contributed by atoms with E-state index < -0.39 is 15.7 Å². The average molecular weight is 369 g/mol. The van der Waals surface area contributed by atoms with Crippen molar-refractivity contribution < 1.29 is 17.0 Å². The summed E-state index contributed by atoms with van der Waals surface area (Å²) >= 11 is 0. The maximum absolute atomic E-state index is 12.5. The van der Waals surface area contributed by atoms with Crippen LogP contribution >= 0.6 is 0 Å². The Bertz CT molecular complexity index is 1190. The van der Waals surface area contributed by atoms with Gasteiger partial charge in [-0.1, -0.05) is 6.92 Å². The Hall–Kier alpha value is -3.11. The minimum absolute atomic E-state index is 0.0654. The first-order chi connectivity index (χ1) is 12.3. The summed E-state index contributed by atoms with van der Waals surface area (Å²) in [6, 6.07) is 11.9. The van der Waals surface area contributed by atoms with Crippen LogP contribution in [0.3, 0.4) is 0 Å². The molecule has 0 amide bonds. The molecule has 0 saturated heterocycles. The van der Waals surface area contributed by atoms with Crippen molar-refractivity contribution >= 4 is 21.1 Å². The summed E-state index contributed by atoms with van der Waals surface area (Å²) in [7, 11) is -4.09. The van der Waals surface area contributed by atoms with E-state index in [0.29, 0.717) is 17.5 Å². The largest absolute Gasteiger partial charge is 0.423 e. The molecular formula is C19H15NO5S. The molecule has 0 aliphatic rings. The van der Waals surface area contributed by atoms with Gasteiger partial charge >= 0.3 is 15.7 Å². The highest BCUT2D eigenvalue weighted by Crippen LogP contribution is 2.30. The van der Waals surface area contributed by atoms with E-state index in [-0.39, 0.29) is 16.2 Å². The Morgan fingerprint density at radius 1 is 1.15 bits per heavy atom. The number of hydrogen-bond acceptors (Lipinski definition) is 6. The number of benzene rings is 2. The van der Waals surface area contributed by atoms with E-state index in [1.807, 2.05) is 13.0 Å². The molecule has 0 unspecified atom stereocenters. The van der Waals surface area contributed by atoms with Gasteiger partial charge in [0.2, 0.25) is 0 Å². The molecule has 0 spiro atoms. The molecule has 3 aromatic rings. The van der Waals surface area contributed by atoms with Crippen LogP contribution in [-0.4, -0.2) is 8.42 Å². The summed E-state index contributed by atoms with van der Waals surface area (Å²) in [4.78, 5) is 11.5. The van der Waals surface area contributed by atoms with Crippen LogP contribution in [-0.2, 0) is 16.5 Å². The third-order valence-corrected chi connectivity index (χ3v) is 5.23. The molecule has 2 aromatic carbocycles. The Kier molecular flexibility index (Phi) is 4.53. The number of nitrogens with zero attached hydrogens (tertiary/aromatic N) is 1. The SMILES string of the molecule is CCc1cc2c(C)cc(=O)oc2cc1OS(=O)(=O)c1ccc(C#N)cc1. The van der Waals surface area contributed by atoms with Crippen LogP contribution in [0.4, 0.5) is 0 Å². The molecule has 132 valence electrons. The van der Waals surface area contributed by atoms with Crippen LogP contribution in [0.2, 0.25) is 0 Å². The minimum atomic E-state index is -4.09. The third-order valence-electron chi connectivity index (χ3n) is 3.98. The van der Waals surface area contributed by atoms with Crippen molar-refractivity contribution in [3.63, 3.8) is 0 Å². The molecule has 0 N–H and O–H groups in total. The monoisotopic (exact) mass is 369 g/mol. The highest BCUT2D eigenvalue weighted by Gasteiger charge is 2.19. The molecule has 0 fully saturated rings. The second kappa shape index (κ2) is 6.65. The highest BCUT2D eigenvalue weighted by atomic mass is 32.2. The summed E-state index contributed by atoms with van der Waals surface area (Å²) in [6.45, 7) is 3.66. The Balaban J connectivity index is 2.09. The summed E-state index contributed by atoms with van der Waals surface area (Å²) in [5.41, 5.74) is 1.51. The van der Waals surface area contributed by atoms with Crippen LogP contribution in [0.5, 0.6) is 5.75 Å². The lowest BCUT2D eigenvalue weighted by Gasteiger charge is -2.12. The van der Waals surface area contributed by atoms with Crippen LogP contribution in [0.1, 0.15) is 23.6 Å². The maximum atomic E-state index is 12.5. The van der Waals surface area contributed by atoms with Crippen molar-refractivity contribution in [2.24, 2.45) is 0 Å². The van der Waals surface area contributed by atoms with Crippen molar-refractivity contribution in [2.75, 3.05) is 0 Å². The topological polar surface area (TPSA) is 97.4 Å². The average Bonchev–Trinajstić information content (AvgIpc) is 2.61. The van der Waals surface area contributed by atoms with Crippen molar-refractivity contribution in [3.8, 4) is 11.8 Å². The Morgan fingerprint density at radius 2 is 1.85 bits per heavy atom. The van der Waals surface area contributed by atoms with E-state index in [2.05, 4.69) is 0 Å². The molecule has 1 aromatic heterocycles. The van der Waals surface area contributed by atoms with Gasteiger partial charge in [-0.25, -0.2) is 4.79 Å². The summed E-state index contributed by atoms with van der Waals surface area (Å²) < 4.78 is 35.5. The Morgan fingerprint density at radius 3 is 2.46 bits per heavy atom. The van der Waals surface area contributed by atoms with Gasteiger partial charge in [0.15, 0.2) is 0 Å². The Labute approximate surface area is 150 Å². The third kappa shape index (κ3) is 3.32. The molecule has 0 aliphatic heterocycles. The quantitative estimate of drug-likeness (QED) is 0.517. The molecule has 0 radical (unpaired) electrons. The van der Waals surface area contributed by atoms with Crippen LogP contribution in [0.25, 0.3) is 11.0 Å². The van der Waals surface area contributed by atoms with Crippen LogP contribution < -0.4 is 9.81 Å². The molecule has 0 aliphatic carbocycles. The van der Waals surface area contributed by atoms with Gasteiger partial charge in [0.1, 0.15) is 16.2 Å². The van der Waals surface area contributed by atoms with Gasteiger partial charge in [-0.3, -0.25) is 0 Å². The van der Waals surface area contributed by atoms with Gasteiger partial charge in [0.05, 0.1) is 11.6 Å². The fraction of sp³-hybridized carbons (Fsp3) is 0.158. The second-order valence-electron chi connectivity index (χ2n) is 5.73. The van der Waals surface area contributed by atoms with Gasteiger partial charge in [0.25, 0.3) is 0 Å². The predicted octanol–water partition coefficient (Wildman–Crippen LogP) is 3.30. The summed E-state index contributed by atoms with van der Waals surface area (Å²) in [5.74, 6) is 0.109. The van der Waals surface area contributed by atoms with Gasteiger partial charge in [-0.15, -0.1) is 0 Å². The molecule has 0 saturated carbocycles. The first kappa shape index (κ1) is 17.7. The van der Waals surface area contributed by atoms with E-state index in [1.165, 1.54) is 36.4 Å². The van der Waals surface area contributed by atoms with E-state index in [1.54, 1.807) is 13.0 Å². The van der Waals surface area contributed by atoms with Crippen molar-refractivity contribution in [3.05, 3.63) is 69.6 Å². The maximum Gasteiger partial charge on any atom is 0.339 e. The van der Waals surface area contributed by atoms with Gasteiger partial charge in [-0.2, -0.15) is 13.7 Å². The molecule has 3 rings (SSSR count). The number of fused-ring (bicyclic) bond motifs is 1. The van der Waals surface area contributed by atoms with Crippen LogP contribution in [0, 0.1) is 18.3 Å². The lowest BCUT2D eigenvalue weighted by molar-refractivity contribution is 0.482. The minimum Gasteiger partial charge on any atom is -0.423 e. The summed E-state index contributed by atoms with van der Waals surface area (Å²) in [6.07, 6.45) is 0.534. The zero-order valence-corrected chi connectivity index (χ0v) is 15.0.